The van der Waals surface area contributed by atoms with Crippen molar-refractivity contribution in [1.29, 1.82) is 0 Å². The molecule has 3 aromatic carbocycles. The molecule has 3 heterocycles. The molecule has 38 heavy (non-hydrogen) atoms. The van der Waals surface area contributed by atoms with Crippen molar-refractivity contribution >= 4 is 29.1 Å². The second-order valence-corrected chi connectivity index (χ2v) is 10.1. The Labute approximate surface area is 220 Å². The molecule has 0 bridgehead atoms. The standard InChI is InChI=1S/C27H22N6O4S/c1-30-25(35)31(2)27(20-13-7-4-8-14-20)26(30,19-11-5-3-6-12-19)28-24-32(29-27)23(34)22(38-24)17-18-10-9-15-21(16-18)33(36)37/h3-17,29H,1-2H3. The van der Waals surface area contributed by atoms with Gasteiger partial charge < -0.3 is 0 Å². The highest BCUT2D eigenvalue weighted by Gasteiger charge is 2.69. The number of rotatable bonds is 4. The maximum absolute atomic E-state index is 13.7. The van der Waals surface area contributed by atoms with E-state index in [0.717, 1.165) is 22.5 Å². The van der Waals surface area contributed by atoms with Crippen LogP contribution in [0.15, 0.2) is 94.7 Å². The predicted octanol–water partition coefficient (Wildman–Crippen LogP) is 2.53. The van der Waals surface area contributed by atoms with Crippen LogP contribution >= 0.6 is 11.3 Å². The SMILES string of the molecule is CN1C(=O)N(C)C2(c3ccccc3)Nn3c(sc(=Cc4cccc([N+](=O)[O-])c4)c3=O)=NC12c1ccccc1. The average Bonchev–Trinajstić information content (AvgIpc) is 3.33. The zero-order valence-corrected chi connectivity index (χ0v) is 21.3. The van der Waals surface area contributed by atoms with Crippen molar-refractivity contribution in [1.82, 2.24) is 14.5 Å². The van der Waals surface area contributed by atoms with Crippen molar-refractivity contribution in [2.75, 3.05) is 19.5 Å². The molecule has 6 rings (SSSR count). The van der Waals surface area contributed by atoms with Crippen LogP contribution in [0, 0.1) is 10.1 Å². The van der Waals surface area contributed by atoms with Crippen LogP contribution in [0.4, 0.5) is 10.5 Å². The lowest BCUT2D eigenvalue weighted by Gasteiger charge is -2.49. The summed E-state index contributed by atoms with van der Waals surface area (Å²) in [5.41, 5.74) is 2.50. The Kier molecular flexibility index (Phi) is 5.21. The minimum Gasteiger partial charge on any atom is -0.295 e. The maximum atomic E-state index is 13.7. The third-order valence-corrected chi connectivity index (χ3v) is 8.12. The number of likely N-dealkylation sites (N-methyl/N-ethyl adjacent to an activating group) is 2. The largest absolute Gasteiger partial charge is 0.324 e. The summed E-state index contributed by atoms with van der Waals surface area (Å²) in [4.78, 5) is 46.7. The van der Waals surface area contributed by atoms with Crippen molar-refractivity contribution in [2.45, 2.75) is 11.3 Å². The van der Waals surface area contributed by atoms with Crippen molar-refractivity contribution in [3.63, 3.8) is 0 Å². The van der Waals surface area contributed by atoms with Gasteiger partial charge in [0.2, 0.25) is 16.1 Å². The monoisotopic (exact) mass is 526 g/mol. The van der Waals surface area contributed by atoms with Crippen LogP contribution in [0.1, 0.15) is 16.7 Å². The zero-order valence-electron chi connectivity index (χ0n) is 20.4. The Hall–Kier alpha value is -4.77. The third-order valence-electron chi connectivity index (χ3n) is 7.15. The first-order valence-electron chi connectivity index (χ1n) is 11.8. The van der Waals surface area contributed by atoms with Crippen LogP contribution in [0.2, 0.25) is 0 Å². The molecule has 2 aliphatic rings. The van der Waals surface area contributed by atoms with E-state index >= 15 is 0 Å². The summed E-state index contributed by atoms with van der Waals surface area (Å²) in [5, 5.41) is 11.2. The van der Waals surface area contributed by atoms with Gasteiger partial charge in [-0.3, -0.25) is 30.1 Å². The number of amides is 2. The van der Waals surface area contributed by atoms with Crippen molar-refractivity contribution in [3.05, 3.63) is 131 Å². The van der Waals surface area contributed by atoms with Gasteiger partial charge in [0.15, 0.2) is 0 Å². The molecule has 1 saturated heterocycles. The van der Waals surface area contributed by atoms with Crippen molar-refractivity contribution in [2.24, 2.45) is 4.99 Å². The number of hydrogen-bond acceptors (Lipinski definition) is 7. The topological polar surface area (TPSA) is 113 Å². The Bertz CT molecular complexity index is 1770. The smallest absolute Gasteiger partial charge is 0.295 e. The summed E-state index contributed by atoms with van der Waals surface area (Å²) in [6.07, 6.45) is 1.61. The van der Waals surface area contributed by atoms with E-state index in [2.05, 4.69) is 5.43 Å². The predicted molar refractivity (Wildman–Crippen MR) is 143 cm³/mol. The minimum absolute atomic E-state index is 0.0645. The lowest BCUT2D eigenvalue weighted by Crippen LogP contribution is -2.67. The van der Waals surface area contributed by atoms with Gasteiger partial charge in [-0.05, 0) is 11.6 Å². The number of non-ortho nitro benzene ring substituents is 1. The summed E-state index contributed by atoms with van der Waals surface area (Å²) >= 11 is 1.15. The van der Waals surface area contributed by atoms with Gasteiger partial charge in [-0.2, -0.15) is 4.68 Å². The van der Waals surface area contributed by atoms with Gasteiger partial charge in [-0.15, -0.1) is 0 Å². The van der Waals surface area contributed by atoms with E-state index in [1.54, 1.807) is 42.1 Å². The quantitative estimate of drug-likeness (QED) is 0.324. The highest BCUT2D eigenvalue weighted by molar-refractivity contribution is 7.07. The Morgan fingerprint density at radius 1 is 0.921 bits per heavy atom. The molecule has 1 N–H and O–H groups in total. The van der Waals surface area contributed by atoms with E-state index in [0.29, 0.717) is 14.9 Å². The molecular weight excluding hydrogens is 504 g/mol. The summed E-state index contributed by atoms with van der Waals surface area (Å²) in [6, 6.07) is 24.8. The summed E-state index contributed by atoms with van der Waals surface area (Å²) < 4.78 is 1.71. The molecule has 2 aliphatic heterocycles. The summed E-state index contributed by atoms with van der Waals surface area (Å²) in [6.45, 7) is 0. The summed E-state index contributed by atoms with van der Waals surface area (Å²) in [5.74, 6) is 0. The normalized spacial score (nSPS) is 22.5. The average molecular weight is 527 g/mol. The zero-order chi connectivity index (χ0) is 26.7. The number of nitrogens with zero attached hydrogens (tertiary/aromatic N) is 5. The maximum Gasteiger partial charge on any atom is 0.324 e. The fourth-order valence-electron chi connectivity index (χ4n) is 5.40. The molecule has 0 aliphatic carbocycles. The first-order valence-corrected chi connectivity index (χ1v) is 12.6. The molecular formula is C27H22N6O4S. The molecule has 0 radical (unpaired) electrons. The highest BCUT2D eigenvalue weighted by Crippen LogP contribution is 2.53. The van der Waals surface area contributed by atoms with Gasteiger partial charge >= 0.3 is 6.03 Å². The van der Waals surface area contributed by atoms with Gasteiger partial charge in [0.05, 0.1) is 9.46 Å². The molecule has 0 spiro atoms. The number of aromatic nitrogens is 1. The van der Waals surface area contributed by atoms with E-state index in [9.17, 15) is 19.7 Å². The lowest BCUT2D eigenvalue weighted by molar-refractivity contribution is -0.384. The number of carbonyl (C=O) groups is 1. The number of thiazole rings is 1. The number of hydrogen-bond donors (Lipinski definition) is 1. The van der Waals surface area contributed by atoms with Crippen molar-refractivity contribution < 1.29 is 9.72 Å². The second-order valence-electron chi connectivity index (χ2n) is 9.12. The van der Waals surface area contributed by atoms with Gasteiger partial charge in [-0.1, -0.05) is 84.1 Å². The lowest BCUT2D eigenvalue weighted by atomic mass is 9.80. The first-order chi connectivity index (χ1) is 18.3. The fraction of sp³-hybridized carbons (Fsp3) is 0.148. The molecule has 10 nitrogen and oxygen atoms in total. The van der Waals surface area contributed by atoms with Gasteiger partial charge in [0.25, 0.3) is 11.2 Å². The van der Waals surface area contributed by atoms with Crippen LogP contribution in [0.3, 0.4) is 0 Å². The van der Waals surface area contributed by atoms with Crippen LogP contribution in [0.5, 0.6) is 0 Å². The Morgan fingerprint density at radius 3 is 2.24 bits per heavy atom. The van der Waals surface area contributed by atoms with Crippen LogP contribution < -0.4 is 20.3 Å². The van der Waals surface area contributed by atoms with Crippen LogP contribution in [0.25, 0.3) is 6.08 Å². The van der Waals surface area contributed by atoms with Crippen LogP contribution in [-0.4, -0.2) is 39.5 Å². The van der Waals surface area contributed by atoms with Gasteiger partial charge in [0, 0.05) is 37.4 Å². The highest BCUT2D eigenvalue weighted by atomic mass is 32.1. The second kappa shape index (κ2) is 8.38. The first kappa shape index (κ1) is 23.6. The molecule has 1 aromatic heterocycles. The van der Waals surface area contributed by atoms with E-state index in [1.807, 2.05) is 60.7 Å². The van der Waals surface area contributed by atoms with E-state index in [1.165, 1.54) is 16.8 Å². The van der Waals surface area contributed by atoms with Crippen molar-refractivity contribution in [3.8, 4) is 0 Å². The number of nitro groups is 1. The van der Waals surface area contributed by atoms with Crippen LogP contribution in [-0.2, 0) is 11.3 Å². The summed E-state index contributed by atoms with van der Waals surface area (Å²) in [7, 11) is 3.40. The van der Waals surface area contributed by atoms with E-state index in [4.69, 9.17) is 4.99 Å². The number of fused-ring (bicyclic) bond motifs is 2. The van der Waals surface area contributed by atoms with Gasteiger partial charge in [0.1, 0.15) is 0 Å². The fourth-order valence-corrected chi connectivity index (χ4v) is 6.36. The van der Waals surface area contributed by atoms with Gasteiger partial charge in [-0.25, -0.2) is 9.79 Å². The number of urea groups is 1. The Morgan fingerprint density at radius 2 is 1.58 bits per heavy atom. The Balaban J connectivity index is 1.67. The third kappa shape index (κ3) is 3.08. The molecule has 1 fully saturated rings. The minimum atomic E-state index is -1.26. The molecule has 2 atom stereocenters. The molecule has 2 unspecified atom stereocenters. The number of nitrogens with one attached hydrogen (secondary N) is 1. The number of carbonyl (C=O) groups excluding carboxylic acids is 1. The van der Waals surface area contributed by atoms with E-state index < -0.39 is 16.2 Å². The number of benzene rings is 3. The van der Waals surface area contributed by atoms with E-state index in [-0.39, 0.29) is 17.3 Å². The molecule has 4 aromatic rings. The molecule has 190 valence electrons. The molecule has 11 heteroatoms. The number of nitro benzene ring substituents is 1. The molecule has 0 saturated carbocycles. The molecule has 2 amide bonds.